The van der Waals surface area contributed by atoms with Gasteiger partial charge in [-0.2, -0.15) is 0 Å². The Kier molecular flexibility index (Phi) is 6.40. The molecule has 0 heterocycles. The molecule has 1 fully saturated rings. The fourth-order valence-corrected chi connectivity index (χ4v) is 3.37. The van der Waals surface area contributed by atoms with Crippen LogP contribution in [0, 0.1) is 18.3 Å². The first-order valence-electron chi connectivity index (χ1n) is 9.56. The van der Waals surface area contributed by atoms with Crippen molar-refractivity contribution in [3.05, 3.63) is 42.0 Å². The zero-order chi connectivity index (χ0) is 20.8. The minimum atomic E-state index is -0.611. The number of amides is 2. The second kappa shape index (κ2) is 9.16. The summed E-state index contributed by atoms with van der Waals surface area (Å²) in [6, 6.07) is 10.7. The average molecular weight is 390 g/mol. The molecule has 6 nitrogen and oxygen atoms in total. The van der Waals surface area contributed by atoms with Crippen molar-refractivity contribution >= 4 is 39.8 Å². The Morgan fingerprint density at radius 1 is 1.03 bits per heavy atom. The summed E-state index contributed by atoms with van der Waals surface area (Å²) in [6.45, 7) is 0.526. The molecule has 1 saturated carbocycles. The van der Waals surface area contributed by atoms with E-state index in [0.29, 0.717) is 24.2 Å². The molecule has 29 heavy (non-hydrogen) atoms. The van der Waals surface area contributed by atoms with E-state index < -0.39 is 5.92 Å². The lowest BCUT2D eigenvalue weighted by atomic mass is 9.87. The van der Waals surface area contributed by atoms with E-state index in [1.54, 1.807) is 24.3 Å². The van der Waals surface area contributed by atoms with E-state index >= 15 is 0 Å². The molecule has 0 unspecified atom stereocenters. The maximum Gasteiger partial charge on any atom is 0.251 e. The van der Waals surface area contributed by atoms with Crippen LogP contribution in [0.2, 0.25) is 0 Å². The third-order valence-corrected chi connectivity index (χ3v) is 4.87. The molecule has 0 atom stereocenters. The van der Waals surface area contributed by atoms with E-state index in [4.69, 9.17) is 6.42 Å². The largest absolute Gasteiger partial charge is 0.352 e. The molecule has 0 radical (unpaired) electrons. The first-order valence-corrected chi connectivity index (χ1v) is 9.56. The molecular weight excluding hydrogens is 368 g/mol. The van der Waals surface area contributed by atoms with Crippen molar-refractivity contribution in [2.75, 3.05) is 11.9 Å². The predicted octanol–water partition coefficient (Wildman–Crippen LogP) is 2.86. The number of hydrogen-bond donors (Lipinski definition) is 2. The Morgan fingerprint density at radius 2 is 1.72 bits per heavy atom. The molecule has 1 aliphatic carbocycles. The Balaban J connectivity index is 1.67. The minimum Gasteiger partial charge on any atom is -0.352 e. The topological polar surface area (TPSA) is 92.3 Å². The maximum atomic E-state index is 12.4. The van der Waals surface area contributed by atoms with Gasteiger partial charge in [0.25, 0.3) is 5.91 Å². The third kappa shape index (κ3) is 5.29. The molecule has 2 N–H and O–H groups in total. The lowest BCUT2D eigenvalue weighted by Crippen LogP contribution is -2.32. The Labute approximate surface area is 169 Å². The number of terminal acetylenes is 1. The normalized spacial score (nSPS) is 14.4. The highest BCUT2D eigenvalue weighted by Gasteiger charge is 2.30. The highest BCUT2D eigenvalue weighted by molar-refractivity contribution is 6.07. The summed E-state index contributed by atoms with van der Waals surface area (Å²) < 4.78 is 0. The van der Waals surface area contributed by atoms with Crippen molar-refractivity contribution in [1.29, 1.82) is 0 Å². The van der Waals surface area contributed by atoms with Crippen LogP contribution in [-0.4, -0.2) is 29.9 Å². The molecule has 2 aromatic rings. The quantitative estimate of drug-likeness (QED) is 0.451. The van der Waals surface area contributed by atoms with Crippen molar-refractivity contribution in [2.45, 2.75) is 32.1 Å². The van der Waals surface area contributed by atoms with Crippen LogP contribution in [0.4, 0.5) is 5.69 Å². The van der Waals surface area contributed by atoms with Crippen molar-refractivity contribution in [2.24, 2.45) is 5.92 Å². The second-order valence-corrected chi connectivity index (χ2v) is 7.19. The number of Topliss-reactive ketones (excluding diaryl/α,β-unsaturated/α-hetero) is 2. The summed E-state index contributed by atoms with van der Waals surface area (Å²) in [5, 5.41) is 7.34. The molecule has 2 aromatic carbocycles. The van der Waals surface area contributed by atoms with E-state index in [1.807, 2.05) is 12.1 Å². The molecule has 0 aliphatic heterocycles. The van der Waals surface area contributed by atoms with Crippen molar-refractivity contribution in [3.63, 3.8) is 0 Å². The lowest BCUT2D eigenvalue weighted by molar-refractivity contribution is -0.136. The van der Waals surface area contributed by atoms with Crippen LogP contribution in [0.1, 0.15) is 42.5 Å². The fraction of sp³-hybridized carbons (Fsp3) is 0.304. The molecule has 1 aliphatic rings. The first-order chi connectivity index (χ1) is 14.0. The zero-order valence-corrected chi connectivity index (χ0v) is 16.0. The number of nitrogens with one attached hydrogen (secondary N) is 2. The van der Waals surface area contributed by atoms with Crippen molar-refractivity contribution < 1.29 is 19.2 Å². The van der Waals surface area contributed by atoms with E-state index in [1.165, 1.54) is 0 Å². The number of anilines is 1. The van der Waals surface area contributed by atoms with E-state index in [0.717, 1.165) is 17.2 Å². The maximum absolute atomic E-state index is 12.4. The number of unbranched alkanes of at least 4 members (excludes halogenated alkanes) is 1. The van der Waals surface area contributed by atoms with Gasteiger partial charge < -0.3 is 10.6 Å². The zero-order valence-electron chi connectivity index (χ0n) is 16.0. The van der Waals surface area contributed by atoms with Crippen LogP contribution < -0.4 is 10.6 Å². The number of hydrogen-bond acceptors (Lipinski definition) is 4. The van der Waals surface area contributed by atoms with Crippen LogP contribution >= 0.6 is 0 Å². The standard InChI is InChI=1S/C23H22N2O4/c1-2-3-4-9-24-22(28)17-6-5-16-11-19(8-7-15(16)10-17)25-23(29)18-12-20(26)14-21(27)13-18/h1,5-8,10-11,18H,3-4,9,12-14H2,(H,24,28)(H,25,29). The SMILES string of the molecule is C#CCCCNC(=O)c1ccc2cc(NC(=O)C3CC(=O)CC(=O)C3)ccc2c1. The highest BCUT2D eigenvalue weighted by Crippen LogP contribution is 2.24. The van der Waals surface area contributed by atoms with Crippen LogP contribution in [0.5, 0.6) is 0 Å². The monoisotopic (exact) mass is 390 g/mol. The van der Waals surface area contributed by atoms with Gasteiger partial charge in [0.2, 0.25) is 5.91 Å². The van der Waals surface area contributed by atoms with Gasteiger partial charge in [-0.25, -0.2) is 0 Å². The predicted molar refractivity (Wildman–Crippen MR) is 110 cm³/mol. The van der Waals surface area contributed by atoms with Crippen molar-refractivity contribution in [1.82, 2.24) is 5.32 Å². The molecule has 6 heteroatoms. The Hall–Kier alpha value is -3.46. The molecule has 148 valence electrons. The number of carbonyl (C=O) groups is 4. The van der Waals surface area contributed by atoms with Gasteiger partial charge in [0.1, 0.15) is 11.6 Å². The Morgan fingerprint density at radius 3 is 2.45 bits per heavy atom. The van der Waals surface area contributed by atoms with E-state index in [-0.39, 0.29) is 42.6 Å². The summed E-state index contributed by atoms with van der Waals surface area (Å²) in [6.07, 6.45) is 6.69. The highest BCUT2D eigenvalue weighted by atomic mass is 16.2. The number of fused-ring (bicyclic) bond motifs is 1. The molecule has 0 spiro atoms. The second-order valence-electron chi connectivity index (χ2n) is 7.19. The molecule has 2 amide bonds. The number of carbonyl (C=O) groups excluding carboxylic acids is 4. The Bertz CT molecular complexity index is 1000. The summed E-state index contributed by atoms with van der Waals surface area (Å²) in [5.74, 6) is 1.06. The average Bonchev–Trinajstić information content (AvgIpc) is 2.70. The number of rotatable bonds is 6. The van der Waals surface area contributed by atoms with Gasteiger partial charge >= 0.3 is 0 Å². The summed E-state index contributed by atoms with van der Waals surface area (Å²) in [4.78, 5) is 47.7. The third-order valence-electron chi connectivity index (χ3n) is 4.87. The van der Waals surface area contributed by atoms with Crippen LogP contribution in [0.3, 0.4) is 0 Å². The van der Waals surface area contributed by atoms with E-state index in [9.17, 15) is 19.2 Å². The van der Waals surface area contributed by atoms with Crippen LogP contribution in [0.25, 0.3) is 10.8 Å². The summed E-state index contributed by atoms with van der Waals surface area (Å²) >= 11 is 0. The van der Waals surface area contributed by atoms with Gasteiger partial charge in [0.05, 0.1) is 12.3 Å². The fourth-order valence-electron chi connectivity index (χ4n) is 3.37. The van der Waals surface area contributed by atoms with Gasteiger partial charge in [-0.3, -0.25) is 19.2 Å². The minimum absolute atomic E-state index is 0.0699. The summed E-state index contributed by atoms with van der Waals surface area (Å²) in [5.41, 5.74) is 1.13. The lowest BCUT2D eigenvalue weighted by Gasteiger charge is -2.19. The van der Waals surface area contributed by atoms with E-state index in [2.05, 4.69) is 16.6 Å². The number of ketones is 2. The van der Waals surface area contributed by atoms with Gasteiger partial charge in [0, 0.05) is 37.1 Å². The van der Waals surface area contributed by atoms with Crippen molar-refractivity contribution in [3.8, 4) is 12.3 Å². The van der Waals surface area contributed by atoms with Gasteiger partial charge in [0.15, 0.2) is 0 Å². The first kappa shape index (κ1) is 20.3. The van der Waals surface area contributed by atoms with Gasteiger partial charge in [-0.1, -0.05) is 12.1 Å². The molecule has 3 rings (SSSR count). The number of benzene rings is 2. The molecule has 0 aromatic heterocycles. The smallest absolute Gasteiger partial charge is 0.251 e. The summed E-state index contributed by atoms with van der Waals surface area (Å²) in [7, 11) is 0. The van der Waals surface area contributed by atoms with Gasteiger partial charge in [-0.05, 0) is 41.5 Å². The van der Waals surface area contributed by atoms with Gasteiger partial charge in [-0.15, -0.1) is 12.3 Å². The molecular formula is C23H22N2O4. The molecule has 0 bridgehead atoms. The molecule has 0 saturated heterocycles. The van der Waals surface area contributed by atoms with Crippen LogP contribution in [-0.2, 0) is 14.4 Å². The van der Waals surface area contributed by atoms with Crippen LogP contribution in [0.15, 0.2) is 36.4 Å².